The lowest BCUT2D eigenvalue weighted by Crippen LogP contribution is -2.39. The standard InChI is InChI=1S/C19H23N3O2/c1-14-11-20-21(12-14)13-17-3-2-7-22(17)19(23)10-15-4-5-18-16(9-15)6-8-24-18/h4-5,9,11-12,17H,2-3,6-8,10,13H2,1H3. The second-order valence-corrected chi connectivity index (χ2v) is 6.84. The van der Waals surface area contributed by atoms with Gasteiger partial charge in [0, 0.05) is 19.2 Å². The fraction of sp³-hybridized carbons (Fsp3) is 0.474. The van der Waals surface area contributed by atoms with Gasteiger partial charge in [0.1, 0.15) is 5.75 Å². The molecule has 2 aliphatic heterocycles. The quantitative estimate of drug-likeness (QED) is 0.867. The molecule has 2 aliphatic rings. The monoisotopic (exact) mass is 325 g/mol. The van der Waals surface area contributed by atoms with Crippen molar-refractivity contribution in [2.24, 2.45) is 0 Å². The van der Waals surface area contributed by atoms with Crippen LogP contribution >= 0.6 is 0 Å². The summed E-state index contributed by atoms with van der Waals surface area (Å²) < 4.78 is 7.50. The van der Waals surface area contributed by atoms with E-state index >= 15 is 0 Å². The third-order valence-electron chi connectivity index (χ3n) is 4.97. The molecule has 126 valence electrons. The summed E-state index contributed by atoms with van der Waals surface area (Å²) in [6.45, 7) is 4.44. The van der Waals surface area contributed by atoms with Crippen LogP contribution in [0.15, 0.2) is 30.6 Å². The number of hydrogen-bond acceptors (Lipinski definition) is 3. The van der Waals surface area contributed by atoms with Crippen molar-refractivity contribution in [3.63, 3.8) is 0 Å². The van der Waals surface area contributed by atoms with Gasteiger partial charge in [0.15, 0.2) is 0 Å². The van der Waals surface area contributed by atoms with Crippen LogP contribution in [0.3, 0.4) is 0 Å². The first-order valence-corrected chi connectivity index (χ1v) is 8.72. The summed E-state index contributed by atoms with van der Waals surface area (Å²) in [7, 11) is 0. The molecule has 1 amide bonds. The number of benzene rings is 1. The fourth-order valence-electron chi connectivity index (χ4n) is 3.76. The number of nitrogens with zero attached hydrogens (tertiary/aromatic N) is 3. The maximum atomic E-state index is 12.8. The predicted molar refractivity (Wildman–Crippen MR) is 91.0 cm³/mol. The number of likely N-dealkylation sites (tertiary alicyclic amines) is 1. The van der Waals surface area contributed by atoms with E-state index in [4.69, 9.17) is 4.74 Å². The maximum Gasteiger partial charge on any atom is 0.227 e. The van der Waals surface area contributed by atoms with Gasteiger partial charge in [-0.05, 0) is 42.5 Å². The molecule has 0 N–H and O–H groups in total. The smallest absolute Gasteiger partial charge is 0.227 e. The van der Waals surface area contributed by atoms with Gasteiger partial charge in [-0.3, -0.25) is 9.48 Å². The maximum absolute atomic E-state index is 12.8. The molecule has 1 saturated heterocycles. The van der Waals surface area contributed by atoms with Crippen molar-refractivity contribution in [3.8, 4) is 5.75 Å². The molecule has 2 aromatic rings. The number of ether oxygens (including phenoxy) is 1. The van der Waals surface area contributed by atoms with Crippen LogP contribution in [0.25, 0.3) is 0 Å². The van der Waals surface area contributed by atoms with Crippen LogP contribution in [0.4, 0.5) is 0 Å². The predicted octanol–water partition coefficient (Wildman–Crippen LogP) is 2.36. The highest BCUT2D eigenvalue weighted by atomic mass is 16.5. The lowest BCUT2D eigenvalue weighted by molar-refractivity contribution is -0.131. The summed E-state index contributed by atoms with van der Waals surface area (Å²) in [6, 6.07) is 6.40. The Balaban J connectivity index is 1.43. The molecular formula is C19H23N3O2. The van der Waals surface area contributed by atoms with Gasteiger partial charge >= 0.3 is 0 Å². The van der Waals surface area contributed by atoms with Crippen LogP contribution in [-0.4, -0.2) is 39.8 Å². The minimum absolute atomic E-state index is 0.222. The van der Waals surface area contributed by atoms with Crippen LogP contribution in [0.5, 0.6) is 5.75 Å². The van der Waals surface area contributed by atoms with Crippen molar-refractivity contribution < 1.29 is 9.53 Å². The number of amides is 1. The van der Waals surface area contributed by atoms with Gasteiger partial charge in [0.25, 0.3) is 0 Å². The lowest BCUT2D eigenvalue weighted by Gasteiger charge is -2.25. The molecule has 0 bridgehead atoms. The number of aromatic nitrogens is 2. The van der Waals surface area contributed by atoms with Gasteiger partial charge in [-0.25, -0.2) is 0 Å². The Morgan fingerprint density at radius 1 is 1.42 bits per heavy atom. The third kappa shape index (κ3) is 3.03. The van der Waals surface area contributed by atoms with Crippen molar-refractivity contribution >= 4 is 5.91 Å². The summed E-state index contributed by atoms with van der Waals surface area (Å²) in [6.07, 6.45) is 7.47. The van der Waals surface area contributed by atoms with Crippen molar-refractivity contribution in [3.05, 3.63) is 47.3 Å². The highest BCUT2D eigenvalue weighted by Gasteiger charge is 2.29. The second kappa shape index (κ2) is 6.30. The zero-order valence-corrected chi connectivity index (χ0v) is 14.1. The number of rotatable bonds is 4. The SMILES string of the molecule is Cc1cnn(CC2CCCN2C(=O)Cc2ccc3c(c2)CCO3)c1. The zero-order chi connectivity index (χ0) is 16.5. The Bertz CT molecular complexity index is 753. The van der Waals surface area contributed by atoms with Crippen molar-refractivity contribution in [1.82, 2.24) is 14.7 Å². The minimum atomic E-state index is 0.222. The molecule has 1 aromatic heterocycles. The number of hydrogen-bond donors (Lipinski definition) is 0. The summed E-state index contributed by atoms with van der Waals surface area (Å²) in [4.78, 5) is 14.8. The molecular weight excluding hydrogens is 302 g/mol. The van der Waals surface area contributed by atoms with Gasteiger partial charge in [0.2, 0.25) is 5.91 Å². The molecule has 0 radical (unpaired) electrons. The van der Waals surface area contributed by atoms with Crippen LogP contribution in [-0.2, 0) is 24.2 Å². The largest absolute Gasteiger partial charge is 0.493 e. The molecule has 1 unspecified atom stereocenters. The van der Waals surface area contributed by atoms with Crippen LogP contribution < -0.4 is 4.74 Å². The van der Waals surface area contributed by atoms with Gasteiger partial charge in [0.05, 0.1) is 31.8 Å². The first-order valence-electron chi connectivity index (χ1n) is 8.72. The van der Waals surface area contributed by atoms with Crippen molar-refractivity contribution in [2.45, 2.75) is 45.2 Å². The molecule has 3 heterocycles. The lowest BCUT2D eigenvalue weighted by atomic mass is 10.1. The average Bonchev–Trinajstić information content (AvgIpc) is 3.28. The van der Waals surface area contributed by atoms with E-state index in [2.05, 4.69) is 11.2 Å². The summed E-state index contributed by atoms with van der Waals surface area (Å²) in [5, 5.41) is 4.36. The molecule has 0 saturated carbocycles. The van der Waals surface area contributed by atoms with Crippen LogP contribution in [0, 0.1) is 6.92 Å². The zero-order valence-electron chi connectivity index (χ0n) is 14.1. The third-order valence-corrected chi connectivity index (χ3v) is 4.97. The number of carbonyl (C=O) groups excluding carboxylic acids is 1. The van der Waals surface area contributed by atoms with E-state index in [1.54, 1.807) is 0 Å². The van der Waals surface area contributed by atoms with Gasteiger partial charge in [-0.2, -0.15) is 5.10 Å². The molecule has 1 aromatic carbocycles. The molecule has 0 aliphatic carbocycles. The Hall–Kier alpha value is -2.30. The summed E-state index contributed by atoms with van der Waals surface area (Å²) >= 11 is 0. The molecule has 24 heavy (non-hydrogen) atoms. The first kappa shape index (κ1) is 15.2. The summed E-state index contributed by atoms with van der Waals surface area (Å²) in [5.74, 6) is 1.19. The van der Waals surface area contributed by atoms with Crippen LogP contribution in [0.2, 0.25) is 0 Å². The molecule has 1 fully saturated rings. The minimum Gasteiger partial charge on any atom is -0.493 e. The Morgan fingerprint density at radius 3 is 3.17 bits per heavy atom. The average molecular weight is 325 g/mol. The van der Waals surface area contributed by atoms with E-state index in [-0.39, 0.29) is 11.9 Å². The number of fused-ring (bicyclic) bond motifs is 1. The molecule has 5 nitrogen and oxygen atoms in total. The molecule has 0 spiro atoms. The summed E-state index contributed by atoms with van der Waals surface area (Å²) in [5.41, 5.74) is 3.47. The van der Waals surface area contributed by atoms with E-state index in [0.717, 1.165) is 55.8 Å². The Kier molecular flexibility index (Phi) is 4.00. The van der Waals surface area contributed by atoms with E-state index < -0.39 is 0 Å². The normalized spacial score (nSPS) is 19.4. The Morgan fingerprint density at radius 2 is 2.33 bits per heavy atom. The fourth-order valence-corrected chi connectivity index (χ4v) is 3.76. The van der Waals surface area contributed by atoms with Gasteiger partial charge in [-0.1, -0.05) is 12.1 Å². The first-order chi connectivity index (χ1) is 11.7. The van der Waals surface area contributed by atoms with Gasteiger partial charge < -0.3 is 9.64 Å². The molecule has 5 heteroatoms. The molecule has 1 atom stereocenters. The van der Waals surface area contributed by atoms with E-state index in [1.165, 1.54) is 5.56 Å². The van der Waals surface area contributed by atoms with E-state index in [9.17, 15) is 4.79 Å². The van der Waals surface area contributed by atoms with Crippen LogP contribution in [0.1, 0.15) is 29.5 Å². The van der Waals surface area contributed by atoms with Crippen molar-refractivity contribution in [2.75, 3.05) is 13.2 Å². The van der Waals surface area contributed by atoms with E-state index in [1.807, 2.05) is 41.0 Å². The topological polar surface area (TPSA) is 47.4 Å². The Labute approximate surface area is 142 Å². The van der Waals surface area contributed by atoms with E-state index in [0.29, 0.717) is 6.42 Å². The van der Waals surface area contributed by atoms with Crippen molar-refractivity contribution in [1.29, 1.82) is 0 Å². The highest BCUT2D eigenvalue weighted by molar-refractivity contribution is 5.79. The second-order valence-electron chi connectivity index (χ2n) is 6.84. The molecule has 4 rings (SSSR count). The number of carbonyl (C=O) groups is 1. The number of aryl methyl sites for hydroxylation is 1. The van der Waals surface area contributed by atoms with Gasteiger partial charge in [-0.15, -0.1) is 0 Å². The highest BCUT2D eigenvalue weighted by Crippen LogP contribution is 2.27.